The molecule has 0 saturated carbocycles. The predicted octanol–water partition coefficient (Wildman–Crippen LogP) is 2.05. The number of nitrogens with one attached hydrogen (secondary N) is 2. The summed E-state index contributed by atoms with van der Waals surface area (Å²) in [4.78, 5) is 13.5. The average Bonchev–Trinajstić information content (AvgIpc) is 2.35. The first kappa shape index (κ1) is 17.4. The summed E-state index contributed by atoms with van der Waals surface area (Å²) >= 11 is 5.22. The van der Waals surface area contributed by atoms with E-state index in [9.17, 15) is 9.18 Å². The SMILES string of the molecule is CN(CC(=O)NC(C)(C)C)C(=S)NCc1ccc(F)cc1. The molecule has 116 valence electrons. The Bertz CT molecular complexity index is 497. The molecular weight excluding hydrogens is 289 g/mol. The van der Waals surface area contributed by atoms with Crippen molar-refractivity contribution in [1.82, 2.24) is 15.5 Å². The second-order valence-corrected chi connectivity index (χ2v) is 6.33. The van der Waals surface area contributed by atoms with Crippen LogP contribution in [0.2, 0.25) is 0 Å². The predicted molar refractivity (Wildman–Crippen MR) is 86.4 cm³/mol. The van der Waals surface area contributed by atoms with Crippen LogP contribution >= 0.6 is 12.2 Å². The highest BCUT2D eigenvalue weighted by atomic mass is 32.1. The van der Waals surface area contributed by atoms with Crippen LogP contribution in [0.4, 0.5) is 4.39 Å². The van der Waals surface area contributed by atoms with Gasteiger partial charge in [0.2, 0.25) is 5.91 Å². The van der Waals surface area contributed by atoms with Crippen molar-refractivity contribution >= 4 is 23.2 Å². The van der Waals surface area contributed by atoms with Gasteiger partial charge in [0.05, 0.1) is 6.54 Å². The standard InChI is InChI=1S/C15H22FN3OS/c1-15(2,3)18-13(20)10-19(4)14(21)17-9-11-5-7-12(16)8-6-11/h5-8H,9-10H2,1-4H3,(H,17,21)(H,18,20). The molecule has 21 heavy (non-hydrogen) atoms. The van der Waals surface area contributed by atoms with Gasteiger partial charge in [-0.15, -0.1) is 0 Å². The smallest absolute Gasteiger partial charge is 0.239 e. The summed E-state index contributed by atoms with van der Waals surface area (Å²) in [6, 6.07) is 6.19. The fourth-order valence-corrected chi connectivity index (χ4v) is 1.80. The van der Waals surface area contributed by atoms with Gasteiger partial charge in [0.25, 0.3) is 0 Å². The fourth-order valence-electron chi connectivity index (χ4n) is 1.66. The molecule has 0 aromatic heterocycles. The zero-order chi connectivity index (χ0) is 16.0. The quantitative estimate of drug-likeness (QED) is 0.835. The Morgan fingerprint density at radius 3 is 2.38 bits per heavy atom. The van der Waals surface area contributed by atoms with Crippen molar-refractivity contribution in [1.29, 1.82) is 0 Å². The minimum Gasteiger partial charge on any atom is -0.358 e. The lowest BCUT2D eigenvalue weighted by Gasteiger charge is -2.25. The van der Waals surface area contributed by atoms with Crippen LogP contribution in [0.5, 0.6) is 0 Å². The van der Waals surface area contributed by atoms with E-state index in [1.165, 1.54) is 12.1 Å². The number of nitrogens with zero attached hydrogens (tertiary/aromatic N) is 1. The van der Waals surface area contributed by atoms with Crippen LogP contribution in [0.15, 0.2) is 24.3 Å². The number of likely N-dealkylation sites (N-methyl/N-ethyl adjacent to an activating group) is 1. The van der Waals surface area contributed by atoms with Gasteiger partial charge in [-0.1, -0.05) is 12.1 Å². The van der Waals surface area contributed by atoms with Crippen molar-refractivity contribution < 1.29 is 9.18 Å². The summed E-state index contributed by atoms with van der Waals surface area (Å²) in [5.74, 6) is -0.353. The van der Waals surface area contributed by atoms with Crippen LogP contribution in [0.25, 0.3) is 0 Å². The van der Waals surface area contributed by atoms with E-state index < -0.39 is 0 Å². The van der Waals surface area contributed by atoms with Gasteiger partial charge in [-0.05, 0) is 50.7 Å². The molecule has 4 nitrogen and oxygen atoms in total. The van der Waals surface area contributed by atoms with E-state index >= 15 is 0 Å². The molecule has 1 rings (SSSR count). The summed E-state index contributed by atoms with van der Waals surface area (Å²) in [5.41, 5.74) is 0.660. The van der Waals surface area contributed by atoms with Gasteiger partial charge in [0.15, 0.2) is 5.11 Å². The highest BCUT2D eigenvalue weighted by Gasteiger charge is 2.16. The van der Waals surface area contributed by atoms with Crippen molar-refractivity contribution in [2.75, 3.05) is 13.6 Å². The Morgan fingerprint density at radius 1 is 1.29 bits per heavy atom. The Kier molecular flexibility index (Phi) is 6.08. The van der Waals surface area contributed by atoms with Crippen molar-refractivity contribution in [3.63, 3.8) is 0 Å². The van der Waals surface area contributed by atoms with Gasteiger partial charge < -0.3 is 15.5 Å². The molecule has 1 aromatic rings. The lowest BCUT2D eigenvalue weighted by Crippen LogP contribution is -2.48. The van der Waals surface area contributed by atoms with E-state index in [0.717, 1.165) is 5.56 Å². The number of benzene rings is 1. The van der Waals surface area contributed by atoms with Gasteiger partial charge in [0, 0.05) is 19.1 Å². The molecule has 0 aliphatic carbocycles. The third-order valence-electron chi connectivity index (χ3n) is 2.60. The molecule has 1 amide bonds. The summed E-state index contributed by atoms with van der Waals surface area (Å²) in [7, 11) is 1.75. The summed E-state index contributed by atoms with van der Waals surface area (Å²) in [6.45, 7) is 6.46. The van der Waals surface area contributed by atoms with Crippen LogP contribution in [0.1, 0.15) is 26.3 Å². The van der Waals surface area contributed by atoms with E-state index in [-0.39, 0.29) is 23.8 Å². The highest BCUT2D eigenvalue weighted by Crippen LogP contribution is 2.02. The molecule has 0 aliphatic rings. The van der Waals surface area contributed by atoms with Crippen LogP contribution in [0.3, 0.4) is 0 Å². The Balaban J connectivity index is 2.40. The molecular formula is C15H22FN3OS. The molecule has 0 heterocycles. The molecule has 0 spiro atoms. The second-order valence-electron chi connectivity index (χ2n) is 5.94. The van der Waals surface area contributed by atoms with E-state index in [1.54, 1.807) is 24.1 Å². The molecule has 2 N–H and O–H groups in total. The number of hydrogen-bond donors (Lipinski definition) is 2. The number of amides is 1. The number of halogens is 1. The summed E-state index contributed by atoms with van der Waals surface area (Å²) in [6.07, 6.45) is 0. The summed E-state index contributed by atoms with van der Waals surface area (Å²) in [5, 5.41) is 6.39. The third kappa shape index (κ3) is 7.04. The van der Waals surface area contributed by atoms with Crippen LogP contribution in [-0.2, 0) is 11.3 Å². The fraction of sp³-hybridized carbons (Fsp3) is 0.467. The summed E-state index contributed by atoms with van der Waals surface area (Å²) < 4.78 is 12.8. The van der Waals surface area contributed by atoms with Gasteiger partial charge in [-0.2, -0.15) is 0 Å². The average molecular weight is 311 g/mol. The van der Waals surface area contributed by atoms with Crippen molar-refractivity contribution in [3.05, 3.63) is 35.6 Å². The lowest BCUT2D eigenvalue weighted by atomic mass is 10.1. The number of rotatable bonds is 4. The largest absolute Gasteiger partial charge is 0.358 e. The first-order valence-corrected chi connectivity index (χ1v) is 7.12. The van der Waals surface area contributed by atoms with Gasteiger partial charge in [0.1, 0.15) is 5.82 Å². The minimum atomic E-state index is -0.266. The van der Waals surface area contributed by atoms with Crippen molar-refractivity contribution in [3.8, 4) is 0 Å². The number of thiocarbonyl (C=S) groups is 1. The molecule has 0 fully saturated rings. The van der Waals surface area contributed by atoms with Crippen LogP contribution < -0.4 is 10.6 Å². The van der Waals surface area contributed by atoms with Crippen molar-refractivity contribution in [2.45, 2.75) is 32.9 Å². The van der Waals surface area contributed by atoms with Crippen LogP contribution in [-0.4, -0.2) is 35.1 Å². The minimum absolute atomic E-state index is 0.0871. The molecule has 0 unspecified atom stereocenters. The molecule has 1 aromatic carbocycles. The van der Waals surface area contributed by atoms with E-state index in [1.807, 2.05) is 20.8 Å². The molecule has 0 radical (unpaired) electrons. The maximum atomic E-state index is 12.8. The number of carbonyl (C=O) groups is 1. The Morgan fingerprint density at radius 2 is 1.86 bits per heavy atom. The van der Waals surface area contributed by atoms with Gasteiger partial charge in [-0.25, -0.2) is 4.39 Å². The molecule has 0 bridgehead atoms. The van der Waals surface area contributed by atoms with Crippen molar-refractivity contribution in [2.24, 2.45) is 0 Å². The Labute approximate surface area is 130 Å². The normalized spacial score (nSPS) is 10.9. The van der Waals surface area contributed by atoms with Gasteiger partial charge >= 0.3 is 0 Å². The topological polar surface area (TPSA) is 44.4 Å². The third-order valence-corrected chi connectivity index (χ3v) is 3.05. The maximum absolute atomic E-state index is 12.8. The number of hydrogen-bond acceptors (Lipinski definition) is 2. The van der Waals surface area contributed by atoms with E-state index in [0.29, 0.717) is 11.7 Å². The first-order valence-electron chi connectivity index (χ1n) is 6.72. The molecule has 0 atom stereocenters. The highest BCUT2D eigenvalue weighted by molar-refractivity contribution is 7.80. The Hall–Kier alpha value is -1.69. The second kappa shape index (κ2) is 7.36. The van der Waals surface area contributed by atoms with E-state index in [2.05, 4.69) is 10.6 Å². The zero-order valence-electron chi connectivity index (χ0n) is 12.9. The maximum Gasteiger partial charge on any atom is 0.239 e. The molecule has 0 aliphatic heterocycles. The van der Waals surface area contributed by atoms with E-state index in [4.69, 9.17) is 12.2 Å². The van der Waals surface area contributed by atoms with Gasteiger partial charge in [-0.3, -0.25) is 4.79 Å². The zero-order valence-corrected chi connectivity index (χ0v) is 13.7. The molecule has 6 heteroatoms. The lowest BCUT2D eigenvalue weighted by molar-refractivity contribution is -0.122. The monoisotopic (exact) mass is 311 g/mol. The first-order chi connectivity index (χ1) is 9.67. The molecule has 0 saturated heterocycles. The van der Waals surface area contributed by atoms with Crippen LogP contribution in [0, 0.1) is 5.82 Å². The number of carbonyl (C=O) groups excluding carboxylic acids is 1.